The van der Waals surface area contributed by atoms with Gasteiger partial charge in [-0.15, -0.1) is 16.4 Å². The number of hydrogen-bond acceptors (Lipinski definition) is 5. The number of thioether (sulfide) groups is 1. The van der Waals surface area contributed by atoms with Crippen molar-refractivity contribution in [2.75, 3.05) is 5.75 Å². The van der Waals surface area contributed by atoms with Crippen LogP contribution in [0.4, 0.5) is 0 Å². The van der Waals surface area contributed by atoms with Crippen LogP contribution in [0.2, 0.25) is 0 Å². The summed E-state index contributed by atoms with van der Waals surface area (Å²) in [5.74, 6) is 0.415. The largest absolute Gasteiger partial charge is 0.344 e. The zero-order valence-electron chi connectivity index (χ0n) is 11.1. The van der Waals surface area contributed by atoms with Crippen LogP contribution in [0, 0.1) is 0 Å². The van der Waals surface area contributed by atoms with E-state index in [0.717, 1.165) is 24.1 Å². The fourth-order valence-corrected chi connectivity index (χ4v) is 3.84. The van der Waals surface area contributed by atoms with E-state index in [4.69, 9.17) is 0 Å². The summed E-state index contributed by atoms with van der Waals surface area (Å²) in [6, 6.07) is 4.15. The molecule has 0 bridgehead atoms. The van der Waals surface area contributed by atoms with Gasteiger partial charge in [0, 0.05) is 10.9 Å². The lowest BCUT2D eigenvalue weighted by Gasteiger charge is -2.02. The molecule has 20 heavy (non-hydrogen) atoms. The SMILES string of the molecule is CCc1ccc(C(=O)CSc2n[nH]c(=O)n2C2CC2)s1. The van der Waals surface area contributed by atoms with E-state index < -0.39 is 0 Å². The lowest BCUT2D eigenvalue weighted by atomic mass is 10.3. The maximum Gasteiger partial charge on any atom is 0.344 e. The zero-order valence-corrected chi connectivity index (χ0v) is 12.7. The summed E-state index contributed by atoms with van der Waals surface area (Å²) in [6.45, 7) is 2.08. The van der Waals surface area contributed by atoms with Crippen LogP contribution in [0.5, 0.6) is 0 Å². The Kier molecular flexibility index (Phi) is 3.80. The minimum absolute atomic E-state index is 0.0949. The smallest absolute Gasteiger partial charge is 0.292 e. The van der Waals surface area contributed by atoms with E-state index in [-0.39, 0.29) is 17.5 Å². The number of aryl methyl sites for hydroxylation is 1. The van der Waals surface area contributed by atoms with Gasteiger partial charge in [0.15, 0.2) is 10.9 Å². The molecule has 2 heterocycles. The first-order valence-corrected chi connectivity index (χ1v) is 8.41. The number of rotatable bonds is 6. The van der Waals surface area contributed by atoms with E-state index in [0.29, 0.717) is 10.9 Å². The number of H-pyrrole nitrogens is 1. The number of nitrogens with zero attached hydrogens (tertiary/aromatic N) is 2. The molecule has 0 amide bonds. The molecule has 0 unspecified atom stereocenters. The van der Waals surface area contributed by atoms with E-state index in [2.05, 4.69) is 17.1 Å². The fraction of sp³-hybridized carbons (Fsp3) is 0.462. The predicted molar refractivity (Wildman–Crippen MR) is 79.9 cm³/mol. The van der Waals surface area contributed by atoms with Crippen LogP contribution >= 0.6 is 23.1 Å². The van der Waals surface area contributed by atoms with Crippen molar-refractivity contribution in [1.82, 2.24) is 14.8 Å². The lowest BCUT2D eigenvalue weighted by Crippen LogP contribution is -2.16. The third kappa shape index (κ3) is 2.73. The number of aromatic nitrogens is 3. The van der Waals surface area contributed by atoms with Crippen LogP contribution in [-0.2, 0) is 6.42 Å². The van der Waals surface area contributed by atoms with E-state index in [1.807, 2.05) is 12.1 Å². The summed E-state index contributed by atoms with van der Waals surface area (Å²) < 4.78 is 1.67. The minimum atomic E-state index is -0.174. The van der Waals surface area contributed by atoms with Gasteiger partial charge in [-0.2, -0.15) is 0 Å². The van der Waals surface area contributed by atoms with Crippen molar-refractivity contribution in [1.29, 1.82) is 0 Å². The first kappa shape index (κ1) is 13.6. The van der Waals surface area contributed by atoms with Crippen LogP contribution < -0.4 is 5.69 Å². The number of carbonyl (C=O) groups excluding carboxylic acids is 1. The summed E-state index contributed by atoms with van der Waals surface area (Å²) in [6.07, 6.45) is 2.99. The standard InChI is InChI=1S/C13H15N3O2S2/c1-2-9-5-6-11(20-9)10(17)7-19-13-15-14-12(18)16(13)8-3-4-8/h5-6,8H,2-4,7H2,1H3,(H,14,18). The van der Waals surface area contributed by atoms with Gasteiger partial charge in [0.1, 0.15) is 0 Å². The molecule has 2 aromatic rings. The molecular weight excluding hydrogens is 294 g/mol. The highest BCUT2D eigenvalue weighted by Gasteiger charge is 2.28. The third-order valence-electron chi connectivity index (χ3n) is 3.20. The molecule has 0 spiro atoms. The first-order chi connectivity index (χ1) is 9.69. The van der Waals surface area contributed by atoms with Crippen molar-refractivity contribution >= 4 is 28.9 Å². The molecule has 1 fully saturated rings. The highest BCUT2D eigenvalue weighted by Crippen LogP contribution is 2.36. The zero-order chi connectivity index (χ0) is 14.1. The Bertz CT molecular complexity index is 682. The molecule has 106 valence electrons. The Morgan fingerprint density at radius 1 is 1.55 bits per heavy atom. The number of hydrogen-bond donors (Lipinski definition) is 1. The maximum absolute atomic E-state index is 12.1. The molecule has 0 saturated heterocycles. The van der Waals surface area contributed by atoms with Gasteiger partial charge in [0.2, 0.25) is 0 Å². The maximum atomic E-state index is 12.1. The van der Waals surface area contributed by atoms with Crippen LogP contribution in [0.25, 0.3) is 0 Å². The quantitative estimate of drug-likeness (QED) is 0.657. The number of ketones is 1. The highest BCUT2D eigenvalue weighted by atomic mass is 32.2. The molecular formula is C13H15N3O2S2. The molecule has 5 nitrogen and oxygen atoms in total. The van der Waals surface area contributed by atoms with Gasteiger partial charge < -0.3 is 0 Å². The summed E-state index contributed by atoms with van der Waals surface area (Å²) in [7, 11) is 0. The van der Waals surface area contributed by atoms with E-state index >= 15 is 0 Å². The van der Waals surface area contributed by atoms with Gasteiger partial charge in [-0.3, -0.25) is 9.36 Å². The van der Waals surface area contributed by atoms with Gasteiger partial charge in [-0.25, -0.2) is 9.89 Å². The molecule has 1 aliphatic carbocycles. The molecule has 0 aliphatic heterocycles. The topological polar surface area (TPSA) is 67.8 Å². The summed E-state index contributed by atoms with van der Waals surface area (Å²) in [4.78, 5) is 25.7. The number of carbonyl (C=O) groups is 1. The summed E-state index contributed by atoms with van der Waals surface area (Å²) in [5.41, 5.74) is -0.174. The number of nitrogens with one attached hydrogen (secondary N) is 1. The molecule has 0 radical (unpaired) electrons. The van der Waals surface area contributed by atoms with Crippen LogP contribution in [0.3, 0.4) is 0 Å². The molecule has 0 aromatic carbocycles. The van der Waals surface area contributed by atoms with Crippen molar-refractivity contribution in [3.05, 3.63) is 32.4 Å². The normalized spacial score (nSPS) is 14.7. The molecule has 3 rings (SSSR count). The van der Waals surface area contributed by atoms with Crippen molar-refractivity contribution in [2.45, 2.75) is 37.4 Å². The second kappa shape index (κ2) is 5.57. The van der Waals surface area contributed by atoms with Crippen molar-refractivity contribution in [2.24, 2.45) is 0 Å². The van der Waals surface area contributed by atoms with E-state index in [1.54, 1.807) is 15.9 Å². The third-order valence-corrected chi connectivity index (χ3v) is 5.42. The Labute approximate surface area is 124 Å². The average molecular weight is 309 g/mol. The minimum Gasteiger partial charge on any atom is -0.292 e. The first-order valence-electron chi connectivity index (χ1n) is 6.60. The van der Waals surface area contributed by atoms with Crippen LogP contribution in [-0.4, -0.2) is 26.3 Å². The molecule has 7 heteroatoms. The molecule has 1 N–H and O–H groups in total. The predicted octanol–water partition coefficient (Wildman–Crippen LogP) is 2.51. The Morgan fingerprint density at radius 2 is 2.35 bits per heavy atom. The molecule has 2 aromatic heterocycles. The Morgan fingerprint density at radius 3 is 3.00 bits per heavy atom. The fourth-order valence-electron chi connectivity index (χ4n) is 1.97. The van der Waals surface area contributed by atoms with Gasteiger partial charge in [-0.1, -0.05) is 18.7 Å². The molecule has 1 aliphatic rings. The second-order valence-corrected chi connectivity index (χ2v) is 6.85. The average Bonchev–Trinajstić information content (AvgIpc) is 3.04. The van der Waals surface area contributed by atoms with Crippen molar-refractivity contribution in [3.8, 4) is 0 Å². The monoisotopic (exact) mass is 309 g/mol. The second-order valence-electron chi connectivity index (χ2n) is 4.74. The molecule has 0 atom stereocenters. The Hall–Kier alpha value is -1.34. The van der Waals surface area contributed by atoms with Gasteiger partial charge in [0.05, 0.1) is 10.6 Å². The number of Topliss-reactive ketones (excluding diaryl/α,β-unsaturated/α-hetero) is 1. The highest BCUT2D eigenvalue weighted by molar-refractivity contribution is 7.99. The van der Waals surface area contributed by atoms with Gasteiger partial charge >= 0.3 is 5.69 Å². The van der Waals surface area contributed by atoms with Gasteiger partial charge in [0.25, 0.3) is 0 Å². The van der Waals surface area contributed by atoms with E-state index in [9.17, 15) is 9.59 Å². The Balaban J connectivity index is 1.67. The van der Waals surface area contributed by atoms with Crippen molar-refractivity contribution < 1.29 is 4.79 Å². The van der Waals surface area contributed by atoms with Crippen LogP contribution in [0.15, 0.2) is 22.1 Å². The van der Waals surface area contributed by atoms with Crippen molar-refractivity contribution in [3.63, 3.8) is 0 Å². The van der Waals surface area contributed by atoms with Gasteiger partial charge in [-0.05, 0) is 31.4 Å². The molecule has 1 saturated carbocycles. The number of thiophene rings is 1. The summed E-state index contributed by atoms with van der Waals surface area (Å²) in [5, 5.41) is 7.09. The van der Waals surface area contributed by atoms with Crippen LogP contribution in [0.1, 0.15) is 40.4 Å². The summed E-state index contributed by atoms with van der Waals surface area (Å²) >= 11 is 2.88. The number of aromatic amines is 1. The lowest BCUT2D eigenvalue weighted by molar-refractivity contribution is 0.102. The van der Waals surface area contributed by atoms with E-state index in [1.165, 1.54) is 16.6 Å².